The van der Waals surface area contributed by atoms with E-state index in [1.54, 1.807) is 35.5 Å². The molecule has 0 N–H and O–H groups in total. The molecule has 2 aromatic heterocycles. The van der Waals surface area contributed by atoms with Gasteiger partial charge in [-0.1, -0.05) is 0 Å². The number of hydrogen-bond acceptors (Lipinski definition) is 5. The molecule has 1 fully saturated rings. The third-order valence-electron chi connectivity index (χ3n) is 3.40. The third kappa shape index (κ3) is 3.56. The molecule has 2 aromatic rings. The molecule has 1 amide bonds. The molecule has 7 heteroatoms. The molecule has 0 bridgehead atoms. The highest BCUT2D eigenvalue weighted by atomic mass is 16.5. The maximum absolute atomic E-state index is 12.2. The number of likely N-dealkylation sites (tertiary alicyclic amines) is 1. The summed E-state index contributed by atoms with van der Waals surface area (Å²) in [6.07, 6.45) is 8.52. The van der Waals surface area contributed by atoms with Crippen LogP contribution in [0.5, 0.6) is 6.01 Å². The Morgan fingerprint density at radius 1 is 1.29 bits per heavy atom. The smallest absolute Gasteiger partial charge is 0.316 e. The molecule has 1 atom stereocenters. The minimum atomic E-state index is -0.0530. The van der Waals surface area contributed by atoms with E-state index < -0.39 is 0 Å². The highest BCUT2D eigenvalue weighted by molar-refractivity contribution is 5.76. The molecule has 0 spiro atoms. The predicted molar refractivity (Wildman–Crippen MR) is 74.5 cm³/mol. The largest absolute Gasteiger partial charge is 0.458 e. The van der Waals surface area contributed by atoms with Gasteiger partial charge in [0.25, 0.3) is 0 Å². The van der Waals surface area contributed by atoms with Crippen molar-refractivity contribution in [1.29, 1.82) is 0 Å². The third-order valence-corrected chi connectivity index (χ3v) is 3.40. The number of aromatic nitrogens is 4. The number of carbonyl (C=O) groups is 1. The molecule has 1 aliphatic rings. The van der Waals surface area contributed by atoms with Crippen LogP contribution >= 0.6 is 0 Å². The zero-order chi connectivity index (χ0) is 14.5. The number of hydrogen-bond donors (Lipinski definition) is 0. The summed E-state index contributed by atoms with van der Waals surface area (Å²) in [4.78, 5) is 22.2. The fraction of sp³-hybridized carbons (Fsp3) is 0.429. The van der Waals surface area contributed by atoms with E-state index in [4.69, 9.17) is 4.74 Å². The Bertz CT molecular complexity index is 572. The Morgan fingerprint density at radius 2 is 2.14 bits per heavy atom. The molecule has 0 radical (unpaired) electrons. The molecule has 7 nitrogen and oxygen atoms in total. The number of ether oxygens (including phenoxy) is 1. The molecular formula is C14H17N5O2. The normalized spacial score (nSPS) is 18.5. The fourth-order valence-corrected chi connectivity index (χ4v) is 2.39. The molecule has 0 aliphatic carbocycles. The zero-order valence-electron chi connectivity index (χ0n) is 11.6. The zero-order valence-corrected chi connectivity index (χ0v) is 11.6. The van der Waals surface area contributed by atoms with Gasteiger partial charge in [-0.15, -0.1) is 0 Å². The number of nitrogens with zero attached hydrogens (tertiary/aromatic N) is 5. The van der Waals surface area contributed by atoms with Crippen molar-refractivity contribution in [1.82, 2.24) is 24.6 Å². The van der Waals surface area contributed by atoms with Gasteiger partial charge in [0.1, 0.15) is 12.6 Å². The van der Waals surface area contributed by atoms with Gasteiger partial charge in [-0.2, -0.15) is 5.10 Å². The monoisotopic (exact) mass is 287 g/mol. The first-order chi connectivity index (χ1) is 10.3. The lowest BCUT2D eigenvalue weighted by molar-refractivity contribution is -0.134. The van der Waals surface area contributed by atoms with E-state index in [0.29, 0.717) is 12.6 Å². The van der Waals surface area contributed by atoms with Crippen LogP contribution in [0.25, 0.3) is 0 Å². The Hall–Kier alpha value is -2.44. The molecule has 3 rings (SSSR count). The van der Waals surface area contributed by atoms with E-state index in [2.05, 4.69) is 15.1 Å². The SMILES string of the molecule is O=C(Cn1cccn1)N1CCC[C@@H](Oc2ncccn2)C1. The van der Waals surface area contributed by atoms with Crippen LogP contribution in [0.15, 0.2) is 36.9 Å². The second-order valence-corrected chi connectivity index (χ2v) is 4.96. The van der Waals surface area contributed by atoms with Crippen LogP contribution in [0, 0.1) is 0 Å². The Labute approximate surface area is 122 Å². The Balaban J connectivity index is 1.56. The molecule has 3 heterocycles. The summed E-state index contributed by atoms with van der Waals surface area (Å²) < 4.78 is 7.36. The van der Waals surface area contributed by atoms with Crippen molar-refractivity contribution in [2.24, 2.45) is 0 Å². The molecular weight excluding hydrogens is 270 g/mol. The van der Waals surface area contributed by atoms with E-state index in [0.717, 1.165) is 19.4 Å². The summed E-state index contributed by atoms with van der Waals surface area (Å²) in [6, 6.07) is 3.92. The van der Waals surface area contributed by atoms with Gasteiger partial charge < -0.3 is 9.64 Å². The van der Waals surface area contributed by atoms with E-state index in [-0.39, 0.29) is 18.6 Å². The van der Waals surface area contributed by atoms with Crippen molar-refractivity contribution < 1.29 is 9.53 Å². The standard InChI is InChI=1S/C14H17N5O2/c20-13(11-19-9-3-7-17-19)18-8-1-4-12(10-18)21-14-15-5-2-6-16-14/h2-3,5-7,9,12H,1,4,8,10-11H2/t12-/m1/s1. The van der Waals surface area contributed by atoms with Gasteiger partial charge in [0.2, 0.25) is 5.91 Å². The van der Waals surface area contributed by atoms with Crippen LogP contribution in [0.4, 0.5) is 0 Å². The summed E-state index contributed by atoms with van der Waals surface area (Å²) in [5.41, 5.74) is 0. The van der Waals surface area contributed by atoms with E-state index in [1.165, 1.54) is 0 Å². The maximum Gasteiger partial charge on any atom is 0.316 e. The van der Waals surface area contributed by atoms with Crippen LogP contribution in [0.2, 0.25) is 0 Å². The number of piperidine rings is 1. The van der Waals surface area contributed by atoms with Crippen molar-refractivity contribution in [3.8, 4) is 6.01 Å². The molecule has 1 saturated heterocycles. The van der Waals surface area contributed by atoms with Gasteiger partial charge in [0, 0.05) is 31.3 Å². The first-order valence-corrected chi connectivity index (χ1v) is 7.00. The van der Waals surface area contributed by atoms with Crippen LogP contribution in [-0.4, -0.2) is 49.7 Å². The number of carbonyl (C=O) groups excluding carboxylic acids is 1. The van der Waals surface area contributed by atoms with Crippen molar-refractivity contribution >= 4 is 5.91 Å². The molecule has 0 unspecified atom stereocenters. The first-order valence-electron chi connectivity index (χ1n) is 7.00. The first kappa shape index (κ1) is 13.5. The van der Waals surface area contributed by atoms with Crippen molar-refractivity contribution in [2.45, 2.75) is 25.5 Å². The summed E-state index contributed by atoms with van der Waals surface area (Å²) in [6.45, 7) is 1.59. The Kier molecular flexibility index (Phi) is 4.09. The average Bonchev–Trinajstić information content (AvgIpc) is 3.01. The van der Waals surface area contributed by atoms with Gasteiger partial charge in [-0.05, 0) is 25.0 Å². The van der Waals surface area contributed by atoms with Crippen molar-refractivity contribution in [3.63, 3.8) is 0 Å². The minimum Gasteiger partial charge on any atom is -0.458 e. The second-order valence-electron chi connectivity index (χ2n) is 4.96. The summed E-state index contributed by atoms with van der Waals surface area (Å²) >= 11 is 0. The van der Waals surface area contributed by atoms with Crippen molar-refractivity contribution in [2.75, 3.05) is 13.1 Å². The van der Waals surface area contributed by atoms with E-state index in [1.807, 2.05) is 11.0 Å². The average molecular weight is 287 g/mol. The summed E-state index contributed by atoms with van der Waals surface area (Å²) in [7, 11) is 0. The maximum atomic E-state index is 12.2. The predicted octanol–water partition coefficient (Wildman–Crippen LogP) is 0.743. The van der Waals surface area contributed by atoms with Gasteiger partial charge >= 0.3 is 6.01 Å². The lowest BCUT2D eigenvalue weighted by atomic mass is 10.1. The molecule has 0 saturated carbocycles. The van der Waals surface area contributed by atoms with Gasteiger partial charge in [-0.25, -0.2) is 9.97 Å². The van der Waals surface area contributed by atoms with Gasteiger partial charge in [0.15, 0.2) is 0 Å². The molecule has 21 heavy (non-hydrogen) atoms. The van der Waals surface area contributed by atoms with E-state index >= 15 is 0 Å². The van der Waals surface area contributed by atoms with E-state index in [9.17, 15) is 4.79 Å². The molecule has 0 aromatic carbocycles. The lowest BCUT2D eigenvalue weighted by Crippen LogP contribution is -2.45. The highest BCUT2D eigenvalue weighted by Crippen LogP contribution is 2.15. The summed E-state index contributed by atoms with van der Waals surface area (Å²) in [5, 5.41) is 4.06. The second kappa shape index (κ2) is 6.34. The van der Waals surface area contributed by atoms with Crippen LogP contribution in [-0.2, 0) is 11.3 Å². The van der Waals surface area contributed by atoms with Crippen molar-refractivity contribution in [3.05, 3.63) is 36.9 Å². The van der Waals surface area contributed by atoms with Crippen LogP contribution in [0.1, 0.15) is 12.8 Å². The fourth-order valence-electron chi connectivity index (χ4n) is 2.39. The van der Waals surface area contributed by atoms with Gasteiger partial charge in [0.05, 0.1) is 6.54 Å². The minimum absolute atomic E-state index is 0.0530. The Morgan fingerprint density at radius 3 is 2.90 bits per heavy atom. The van der Waals surface area contributed by atoms with Crippen LogP contribution < -0.4 is 4.74 Å². The van der Waals surface area contributed by atoms with Crippen LogP contribution in [0.3, 0.4) is 0 Å². The number of amides is 1. The molecule has 110 valence electrons. The topological polar surface area (TPSA) is 73.1 Å². The lowest BCUT2D eigenvalue weighted by Gasteiger charge is -2.32. The molecule has 1 aliphatic heterocycles. The van der Waals surface area contributed by atoms with Gasteiger partial charge in [-0.3, -0.25) is 9.48 Å². The quantitative estimate of drug-likeness (QED) is 0.829. The highest BCUT2D eigenvalue weighted by Gasteiger charge is 2.25. The summed E-state index contributed by atoms with van der Waals surface area (Å²) in [5.74, 6) is 0.0565. The number of rotatable bonds is 4.